The van der Waals surface area contributed by atoms with E-state index in [-0.39, 0.29) is 35.9 Å². The van der Waals surface area contributed by atoms with Crippen molar-refractivity contribution in [2.75, 3.05) is 33.2 Å². The van der Waals surface area contributed by atoms with Crippen LogP contribution in [0.3, 0.4) is 0 Å². The lowest BCUT2D eigenvalue weighted by Gasteiger charge is -2.35. The molecule has 7 heteroatoms. The molecular weight excluding hydrogens is 539 g/mol. The Bertz CT molecular complexity index is 1190. The Morgan fingerprint density at radius 1 is 1.07 bits per heavy atom. The van der Waals surface area contributed by atoms with Crippen molar-refractivity contribution in [3.05, 3.63) is 53.1 Å². The third-order valence-electron chi connectivity index (χ3n) is 10.6. The van der Waals surface area contributed by atoms with Gasteiger partial charge in [-0.25, -0.2) is 4.39 Å². The smallest absolute Gasteiger partial charge is 0.320 e. The van der Waals surface area contributed by atoms with Gasteiger partial charge >= 0.3 is 5.97 Å². The highest BCUT2D eigenvalue weighted by Crippen LogP contribution is 2.43. The molecular formula is C36H55FN4O2. The van der Waals surface area contributed by atoms with E-state index in [1.54, 1.807) is 6.07 Å². The van der Waals surface area contributed by atoms with Crippen LogP contribution in [0.5, 0.6) is 0 Å². The van der Waals surface area contributed by atoms with Gasteiger partial charge in [-0.3, -0.25) is 14.4 Å². The molecule has 3 aliphatic rings. The fourth-order valence-corrected chi connectivity index (χ4v) is 7.77. The molecule has 0 spiro atoms. The summed E-state index contributed by atoms with van der Waals surface area (Å²) >= 11 is 0. The van der Waals surface area contributed by atoms with Crippen LogP contribution in [0, 0.1) is 17.7 Å². The highest BCUT2D eigenvalue weighted by atomic mass is 19.1. The van der Waals surface area contributed by atoms with Gasteiger partial charge in [-0.15, -0.1) is 0 Å². The minimum absolute atomic E-state index is 0.0980. The lowest BCUT2D eigenvalue weighted by molar-refractivity contribution is -0.151. The van der Waals surface area contributed by atoms with Crippen molar-refractivity contribution in [3.63, 3.8) is 0 Å². The quantitative estimate of drug-likeness (QED) is 0.273. The van der Waals surface area contributed by atoms with Crippen LogP contribution in [0.25, 0.3) is 0 Å². The molecule has 1 aromatic heterocycles. The van der Waals surface area contributed by atoms with Crippen LogP contribution in [0.1, 0.15) is 114 Å². The van der Waals surface area contributed by atoms with Crippen LogP contribution in [-0.2, 0) is 22.5 Å². The first kappa shape index (κ1) is 32.2. The summed E-state index contributed by atoms with van der Waals surface area (Å²) in [5, 5.41) is 5.04. The van der Waals surface area contributed by atoms with Gasteiger partial charge in [0.15, 0.2) is 0 Å². The fourth-order valence-electron chi connectivity index (χ4n) is 7.77. The Balaban J connectivity index is 1.19. The number of nitrogens with zero attached hydrogens (tertiary/aromatic N) is 4. The Morgan fingerprint density at radius 2 is 1.81 bits per heavy atom. The highest BCUT2D eigenvalue weighted by molar-refractivity contribution is 5.72. The van der Waals surface area contributed by atoms with Crippen LogP contribution in [0.2, 0.25) is 0 Å². The van der Waals surface area contributed by atoms with E-state index >= 15 is 0 Å². The van der Waals surface area contributed by atoms with Gasteiger partial charge in [0.05, 0.1) is 12.2 Å². The van der Waals surface area contributed by atoms with Crippen molar-refractivity contribution in [1.29, 1.82) is 0 Å². The van der Waals surface area contributed by atoms with Gasteiger partial charge in [-0.2, -0.15) is 5.10 Å². The number of rotatable bonds is 10. The van der Waals surface area contributed by atoms with Crippen LogP contribution in [0.15, 0.2) is 30.3 Å². The third kappa shape index (κ3) is 8.48. The van der Waals surface area contributed by atoms with Gasteiger partial charge in [0, 0.05) is 30.2 Å². The third-order valence-corrected chi connectivity index (χ3v) is 10.6. The number of benzene rings is 1. The van der Waals surface area contributed by atoms with Gasteiger partial charge in [-0.05, 0) is 121 Å². The summed E-state index contributed by atoms with van der Waals surface area (Å²) in [7, 11) is 1.96. The van der Waals surface area contributed by atoms with Gasteiger partial charge in [0.1, 0.15) is 11.9 Å². The molecule has 43 heavy (non-hydrogen) atoms. The zero-order valence-corrected chi connectivity index (χ0v) is 27.4. The maximum absolute atomic E-state index is 14.3. The zero-order chi connectivity index (χ0) is 30.6. The molecule has 3 fully saturated rings. The minimum atomic E-state index is -0.195. The Labute approximate surface area is 259 Å². The standard InChI is InChI=1S/C36H55FN4O2/c1-6-41-34(22-31(38-41)19-26-11-8-7-9-12-26)27-15-17-40(18-16-27)24-29-21-32(43-35(42)25-39(5)36(2,3)4)23-33(29)28-13-10-14-30(37)20-28/h10,13-14,20,22,26-27,29,32-33H,6-9,11-12,15-19,21,23-25H2,1-5H3/t29-,32+,33-/m1/s1. The number of hydrogen-bond donors (Lipinski definition) is 0. The van der Waals surface area contributed by atoms with E-state index in [1.165, 1.54) is 49.6 Å². The van der Waals surface area contributed by atoms with E-state index in [2.05, 4.69) is 43.3 Å². The molecule has 1 saturated heterocycles. The molecule has 2 heterocycles. The molecule has 0 amide bonds. The summed E-state index contributed by atoms with van der Waals surface area (Å²) in [4.78, 5) is 17.5. The largest absolute Gasteiger partial charge is 0.461 e. The van der Waals surface area contributed by atoms with Crippen molar-refractivity contribution in [1.82, 2.24) is 19.6 Å². The van der Waals surface area contributed by atoms with E-state index < -0.39 is 0 Å². The van der Waals surface area contributed by atoms with E-state index in [9.17, 15) is 9.18 Å². The molecule has 0 bridgehead atoms. The number of esters is 1. The molecule has 238 valence electrons. The number of aromatic nitrogens is 2. The number of carbonyl (C=O) groups is 1. The number of carbonyl (C=O) groups excluding carboxylic acids is 1. The number of piperidine rings is 1. The van der Waals surface area contributed by atoms with Gasteiger partial charge < -0.3 is 9.64 Å². The Hall–Kier alpha value is -2.25. The topological polar surface area (TPSA) is 50.6 Å². The van der Waals surface area contributed by atoms with Crippen LogP contribution in [0.4, 0.5) is 4.39 Å². The second kappa shape index (κ2) is 14.2. The SMILES string of the molecule is CCn1nc(CC2CCCCC2)cc1C1CCN(C[C@H]2C[C@H](OC(=O)CN(C)C(C)(C)C)C[C@@H]2c2cccc(F)c2)CC1. The molecule has 0 radical (unpaired) electrons. The van der Waals surface area contributed by atoms with Crippen molar-refractivity contribution < 1.29 is 13.9 Å². The van der Waals surface area contributed by atoms with E-state index in [0.29, 0.717) is 11.8 Å². The van der Waals surface area contributed by atoms with E-state index in [4.69, 9.17) is 9.84 Å². The summed E-state index contributed by atoms with van der Waals surface area (Å²) < 4.78 is 22.6. The first-order valence-electron chi connectivity index (χ1n) is 17.0. The van der Waals surface area contributed by atoms with E-state index in [1.807, 2.05) is 24.1 Å². The molecule has 1 aromatic carbocycles. The van der Waals surface area contributed by atoms with Crippen LogP contribution in [-0.4, -0.2) is 70.4 Å². The first-order chi connectivity index (χ1) is 20.6. The first-order valence-corrected chi connectivity index (χ1v) is 17.0. The lowest BCUT2D eigenvalue weighted by Crippen LogP contribution is -2.42. The number of halogens is 1. The van der Waals surface area contributed by atoms with E-state index in [0.717, 1.165) is 69.8 Å². The number of hydrogen-bond acceptors (Lipinski definition) is 5. The lowest BCUT2D eigenvalue weighted by atomic mass is 9.85. The number of ether oxygens (including phenoxy) is 1. The van der Waals surface area contributed by atoms with Gasteiger partial charge in [0.2, 0.25) is 0 Å². The van der Waals surface area contributed by atoms with Crippen molar-refractivity contribution in [3.8, 4) is 0 Å². The molecule has 6 nitrogen and oxygen atoms in total. The normalized spacial score (nSPS) is 24.6. The highest BCUT2D eigenvalue weighted by Gasteiger charge is 2.39. The Kier molecular flexibility index (Phi) is 10.6. The predicted molar refractivity (Wildman–Crippen MR) is 171 cm³/mol. The molecule has 0 N–H and O–H groups in total. The zero-order valence-electron chi connectivity index (χ0n) is 27.4. The molecule has 2 aliphatic carbocycles. The molecule has 3 atom stereocenters. The summed E-state index contributed by atoms with van der Waals surface area (Å²) in [6, 6.07) is 9.47. The fraction of sp³-hybridized carbons (Fsp3) is 0.722. The number of likely N-dealkylation sites (N-methyl/N-ethyl adjacent to an activating group) is 1. The monoisotopic (exact) mass is 594 g/mol. The molecule has 1 aliphatic heterocycles. The number of aryl methyl sites for hydroxylation is 1. The Morgan fingerprint density at radius 3 is 2.49 bits per heavy atom. The predicted octanol–water partition coefficient (Wildman–Crippen LogP) is 7.18. The van der Waals surface area contributed by atoms with Crippen molar-refractivity contribution >= 4 is 5.97 Å². The summed E-state index contributed by atoms with van der Waals surface area (Å²) in [6.07, 6.45) is 11.8. The molecule has 2 saturated carbocycles. The van der Waals surface area contributed by atoms with Crippen molar-refractivity contribution in [2.24, 2.45) is 11.8 Å². The minimum Gasteiger partial charge on any atom is -0.461 e. The number of likely N-dealkylation sites (tertiary alicyclic amines) is 1. The van der Waals surface area contributed by atoms with Gasteiger partial charge in [-0.1, -0.05) is 44.2 Å². The maximum Gasteiger partial charge on any atom is 0.320 e. The second-order valence-corrected chi connectivity index (χ2v) is 14.7. The molecule has 2 aromatic rings. The van der Waals surface area contributed by atoms with Crippen LogP contribution < -0.4 is 0 Å². The summed E-state index contributed by atoms with van der Waals surface area (Å²) in [5.41, 5.74) is 3.66. The summed E-state index contributed by atoms with van der Waals surface area (Å²) in [6.45, 7) is 12.8. The molecule has 0 unspecified atom stereocenters. The molecule has 5 rings (SSSR count). The summed E-state index contributed by atoms with van der Waals surface area (Å²) in [5.74, 6) is 1.52. The van der Waals surface area contributed by atoms with Gasteiger partial charge in [0.25, 0.3) is 0 Å². The average molecular weight is 595 g/mol. The maximum atomic E-state index is 14.3. The average Bonchev–Trinajstić information content (AvgIpc) is 3.57. The second-order valence-electron chi connectivity index (χ2n) is 14.7. The van der Waals surface area contributed by atoms with Crippen LogP contribution >= 0.6 is 0 Å². The van der Waals surface area contributed by atoms with Crippen molar-refractivity contribution in [2.45, 2.75) is 122 Å².